The van der Waals surface area contributed by atoms with Crippen molar-refractivity contribution in [3.8, 4) is 5.69 Å². The number of rotatable bonds is 6. The molecule has 27 heavy (non-hydrogen) atoms. The van der Waals surface area contributed by atoms with Crippen LogP contribution >= 0.6 is 24.0 Å². The number of hydrogen-bond donors (Lipinski definition) is 1. The molecule has 0 saturated carbocycles. The summed E-state index contributed by atoms with van der Waals surface area (Å²) >= 11 is 0. The minimum absolute atomic E-state index is 0. The molecule has 0 fully saturated rings. The summed E-state index contributed by atoms with van der Waals surface area (Å²) in [7, 11) is 3.88. The number of aliphatic imine (C=N–C) groups is 1. The number of nitrogens with zero attached hydrogens (tertiary/aromatic N) is 4. The van der Waals surface area contributed by atoms with Gasteiger partial charge in [0.25, 0.3) is 0 Å². The van der Waals surface area contributed by atoms with Gasteiger partial charge in [-0.25, -0.2) is 4.68 Å². The third kappa shape index (κ3) is 6.09. The highest BCUT2D eigenvalue weighted by molar-refractivity contribution is 14.0. The lowest BCUT2D eigenvalue weighted by molar-refractivity contribution is 0.477. The molecular weight excluding hydrogens is 449 g/mol. The SMILES string of the molecule is CN=C(NCCc1ccc(-n2cccn2)cc1)N(C)Cc1ccccc1.I. The van der Waals surface area contributed by atoms with E-state index in [1.54, 1.807) is 6.20 Å². The van der Waals surface area contributed by atoms with E-state index in [-0.39, 0.29) is 24.0 Å². The van der Waals surface area contributed by atoms with Crippen LogP contribution < -0.4 is 5.32 Å². The third-order valence-electron chi connectivity index (χ3n) is 4.24. The van der Waals surface area contributed by atoms with Crippen molar-refractivity contribution in [2.75, 3.05) is 20.6 Å². The van der Waals surface area contributed by atoms with Crippen LogP contribution in [-0.4, -0.2) is 41.3 Å². The lowest BCUT2D eigenvalue weighted by Gasteiger charge is -2.22. The predicted octanol–water partition coefficient (Wildman–Crippen LogP) is 3.74. The van der Waals surface area contributed by atoms with Gasteiger partial charge in [-0.15, -0.1) is 24.0 Å². The third-order valence-corrected chi connectivity index (χ3v) is 4.24. The number of nitrogens with one attached hydrogen (secondary N) is 1. The van der Waals surface area contributed by atoms with E-state index in [0.29, 0.717) is 0 Å². The van der Waals surface area contributed by atoms with Gasteiger partial charge in [-0.2, -0.15) is 5.10 Å². The zero-order chi connectivity index (χ0) is 18.2. The number of halogens is 1. The maximum absolute atomic E-state index is 4.38. The van der Waals surface area contributed by atoms with Crippen molar-refractivity contribution in [1.82, 2.24) is 20.0 Å². The van der Waals surface area contributed by atoms with E-state index in [0.717, 1.165) is 31.2 Å². The van der Waals surface area contributed by atoms with Crippen molar-refractivity contribution in [2.45, 2.75) is 13.0 Å². The number of hydrogen-bond acceptors (Lipinski definition) is 2. The van der Waals surface area contributed by atoms with Gasteiger partial charge in [-0.1, -0.05) is 42.5 Å². The molecule has 0 amide bonds. The lowest BCUT2D eigenvalue weighted by Crippen LogP contribution is -2.39. The first-order chi connectivity index (χ1) is 12.8. The summed E-state index contributed by atoms with van der Waals surface area (Å²) in [5.41, 5.74) is 3.63. The van der Waals surface area contributed by atoms with Gasteiger partial charge in [0.2, 0.25) is 0 Å². The zero-order valence-electron chi connectivity index (χ0n) is 15.7. The van der Waals surface area contributed by atoms with Crippen LogP contribution in [0.3, 0.4) is 0 Å². The van der Waals surface area contributed by atoms with E-state index in [9.17, 15) is 0 Å². The largest absolute Gasteiger partial charge is 0.356 e. The van der Waals surface area contributed by atoms with Crippen LogP contribution in [0.2, 0.25) is 0 Å². The Morgan fingerprint density at radius 3 is 2.41 bits per heavy atom. The van der Waals surface area contributed by atoms with Gasteiger partial charge >= 0.3 is 0 Å². The fourth-order valence-electron chi connectivity index (χ4n) is 2.87. The molecule has 0 radical (unpaired) electrons. The standard InChI is InChI=1S/C21H25N5.HI/c1-22-21(25(2)17-19-7-4-3-5-8-19)23-15-13-18-9-11-20(12-10-18)26-16-6-14-24-26;/h3-12,14,16H,13,15,17H2,1-2H3,(H,22,23);1H. The van der Waals surface area contributed by atoms with Gasteiger partial charge < -0.3 is 10.2 Å². The number of aromatic nitrogens is 2. The summed E-state index contributed by atoms with van der Waals surface area (Å²) in [6.07, 6.45) is 4.68. The van der Waals surface area contributed by atoms with E-state index in [1.807, 2.05) is 30.1 Å². The number of benzene rings is 2. The molecule has 1 heterocycles. The lowest BCUT2D eigenvalue weighted by atomic mass is 10.1. The van der Waals surface area contributed by atoms with Gasteiger partial charge in [0.1, 0.15) is 0 Å². The molecule has 0 atom stereocenters. The molecule has 1 aromatic heterocycles. The molecule has 6 heteroatoms. The summed E-state index contributed by atoms with van der Waals surface area (Å²) in [6.45, 7) is 1.67. The van der Waals surface area contributed by atoms with Crippen LogP contribution in [0.4, 0.5) is 0 Å². The molecule has 3 aromatic rings. The van der Waals surface area contributed by atoms with Crippen molar-refractivity contribution in [1.29, 1.82) is 0 Å². The van der Waals surface area contributed by atoms with Gasteiger partial charge in [0, 0.05) is 39.6 Å². The molecule has 0 aliphatic rings. The van der Waals surface area contributed by atoms with E-state index >= 15 is 0 Å². The first-order valence-electron chi connectivity index (χ1n) is 8.81. The minimum atomic E-state index is 0. The Balaban J connectivity index is 0.00000261. The topological polar surface area (TPSA) is 45.5 Å². The maximum atomic E-state index is 4.38. The molecule has 0 saturated heterocycles. The van der Waals surface area contributed by atoms with Crippen LogP contribution in [-0.2, 0) is 13.0 Å². The summed E-state index contributed by atoms with van der Waals surface area (Å²) in [4.78, 5) is 6.52. The predicted molar refractivity (Wildman–Crippen MR) is 122 cm³/mol. The normalized spacial score (nSPS) is 11.0. The van der Waals surface area contributed by atoms with Crippen LogP contribution in [0, 0.1) is 0 Å². The molecule has 5 nitrogen and oxygen atoms in total. The highest BCUT2D eigenvalue weighted by atomic mass is 127. The summed E-state index contributed by atoms with van der Waals surface area (Å²) in [5.74, 6) is 0.905. The molecule has 0 unspecified atom stereocenters. The molecule has 2 aromatic carbocycles. The van der Waals surface area contributed by atoms with Crippen molar-refractivity contribution in [3.05, 3.63) is 84.2 Å². The molecule has 0 aliphatic carbocycles. The molecule has 3 rings (SSSR count). The van der Waals surface area contributed by atoms with Gasteiger partial charge in [0.15, 0.2) is 5.96 Å². The Morgan fingerprint density at radius 2 is 1.78 bits per heavy atom. The second-order valence-electron chi connectivity index (χ2n) is 6.18. The van der Waals surface area contributed by atoms with Crippen molar-refractivity contribution < 1.29 is 0 Å². The highest BCUT2D eigenvalue weighted by Gasteiger charge is 2.06. The molecule has 0 aliphatic heterocycles. The Labute approximate surface area is 178 Å². The summed E-state index contributed by atoms with van der Waals surface area (Å²) in [6, 6.07) is 20.8. The highest BCUT2D eigenvalue weighted by Crippen LogP contribution is 2.09. The monoisotopic (exact) mass is 475 g/mol. The van der Waals surface area contributed by atoms with Gasteiger partial charge in [-0.3, -0.25) is 4.99 Å². The van der Waals surface area contributed by atoms with Gasteiger partial charge in [-0.05, 0) is 35.7 Å². The maximum Gasteiger partial charge on any atom is 0.193 e. The Hall–Kier alpha value is -2.35. The molecule has 0 bridgehead atoms. The van der Waals surface area contributed by atoms with E-state index < -0.39 is 0 Å². The molecule has 1 N–H and O–H groups in total. The summed E-state index contributed by atoms with van der Waals surface area (Å²) < 4.78 is 1.86. The Kier molecular flexibility index (Phi) is 8.32. The quantitative estimate of drug-likeness (QED) is 0.336. The smallest absolute Gasteiger partial charge is 0.193 e. The van der Waals surface area contributed by atoms with Crippen LogP contribution in [0.25, 0.3) is 5.69 Å². The van der Waals surface area contributed by atoms with Crippen LogP contribution in [0.15, 0.2) is 78.0 Å². The fourth-order valence-corrected chi connectivity index (χ4v) is 2.87. The fraction of sp³-hybridized carbons (Fsp3) is 0.238. The average molecular weight is 475 g/mol. The van der Waals surface area contributed by atoms with Crippen molar-refractivity contribution in [3.63, 3.8) is 0 Å². The first kappa shape index (κ1) is 21.0. The molecule has 142 valence electrons. The van der Waals surface area contributed by atoms with E-state index in [2.05, 4.69) is 75.9 Å². The van der Waals surface area contributed by atoms with E-state index in [4.69, 9.17) is 0 Å². The Morgan fingerprint density at radius 1 is 1.04 bits per heavy atom. The second-order valence-corrected chi connectivity index (χ2v) is 6.18. The average Bonchev–Trinajstić information content (AvgIpc) is 3.21. The molecule has 0 spiro atoms. The minimum Gasteiger partial charge on any atom is -0.356 e. The van der Waals surface area contributed by atoms with Crippen molar-refractivity contribution in [2.24, 2.45) is 4.99 Å². The van der Waals surface area contributed by atoms with Crippen LogP contribution in [0.5, 0.6) is 0 Å². The second kappa shape index (κ2) is 10.7. The molecular formula is C21H26IN5. The van der Waals surface area contributed by atoms with Crippen molar-refractivity contribution >= 4 is 29.9 Å². The van der Waals surface area contributed by atoms with E-state index in [1.165, 1.54) is 11.1 Å². The number of guanidine groups is 1. The van der Waals surface area contributed by atoms with Crippen LogP contribution in [0.1, 0.15) is 11.1 Å². The zero-order valence-corrected chi connectivity index (χ0v) is 18.1. The Bertz CT molecular complexity index is 814. The van der Waals surface area contributed by atoms with Gasteiger partial charge in [0.05, 0.1) is 5.69 Å². The summed E-state index contributed by atoms with van der Waals surface area (Å²) in [5, 5.41) is 7.69. The first-order valence-corrected chi connectivity index (χ1v) is 8.81.